The average Bonchev–Trinajstić information content (AvgIpc) is 2.17. The first-order valence-electron chi connectivity index (χ1n) is 4.47. The normalized spacial score (nSPS) is 13.2. The molecule has 0 spiro atoms. The molecule has 3 nitrogen and oxygen atoms in total. The second kappa shape index (κ2) is 4.98. The highest BCUT2D eigenvalue weighted by Crippen LogP contribution is 2.21. The van der Waals surface area contributed by atoms with E-state index in [4.69, 9.17) is 5.73 Å². The van der Waals surface area contributed by atoms with Crippen LogP contribution in [0.5, 0.6) is 5.75 Å². The van der Waals surface area contributed by atoms with Gasteiger partial charge in [-0.25, -0.2) is 0 Å². The maximum atomic E-state index is 12.0. The summed E-state index contributed by atoms with van der Waals surface area (Å²) in [5, 5.41) is 0. The van der Waals surface area contributed by atoms with Crippen LogP contribution in [0, 0.1) is 0 Å². The Kier molecular flexibility index (Phi) is 3.89. The third-order valence-corrected chi connectivity index (χ3v) is 1.78. The number of benzene rings is 1. The fourth-order valence-corrected chi connectivity index (χ4v) is 0.957. The monoisotopic (exact) mass is 233 g/mol. The number of carbonyl (C=O) groups is 1. The summed E-state index contributed by atoms with van der Waals surface area (Å²) >= 11 is 0. The molecule has 1 aromatic rings. The quantitative estimate of drug-likeness (QED) is 0.640. The molecule has 0 amide bonds. The first-order valence-corrected chi connectivity index (χ1v) is 4.47. The Morgan fingerprint density at radius 1 is 1.31 bits per heavy atom. The summed E-state index contributed by atoms with van der Waals surface area (Å²) in [6, 6.07) is 5.65. The molecule has 0 heterocycles. The van der Waals surface area contributed by atoms with Gasteiger partial charge in [-0.05, 0) is 12.1 Å². The highest BCUT2D eigenvalue weighted by molar-refractivity contribution is 5.73. The van der Waals surface area contributed by atoms with Crippen LogP contribution in [0.4, 0.5) is 13.2 Å². The highest BCUT2D eigenvalue weighted by atomic mass is 19.4. The summed E-state index contributed by atoms with van der Waals surface area (Å²) < 4.78 is 40.7. The van der Waals surface area contributed by atoms with E-state index in [0.29, 0.717) is 0 Å². The van der Waals surface area contributed by atoms with Gasteiger partial charge in [0.2, 0.25) is 0 Å². The molecular formula is C10H10F3NO2. The molecule has 1 aromatic carbocycles. The second-order valence-corrected chi connectivity index (χ2v) is 3.14. The zero-order valence-corrected chi connectivity index (χ0v) is 8.20. The van der Waals surface area contributed by atoms with Crippen molar-refractivity contribution in [3.05, 3.63) is 30.3 Å². The van der Waals surface area contributed by atoms with Crippen LogP contribution in [-0.2, 0) is 4.79 Å². The first-order chi connectivity index (χ1) is 7.39. The lowest BCUT2D eigenvalue weighted by atomic mass is 10.2. The van der Waals surface area contributed by atoms with Crippen molar-refractivity contribution in [3.63, 3.8) is 0 Å². The summed E-state index contributed by atoms with van der Waals surface area (Å²) in [6.45, 7) is 0. The number of hydrogen-bond acceptors (Lipinski definition) is 3. The van der Waals surface area contributed by atoms with Gasteiger partial charge >= 0.3 is 12.1 Å². The average molecular weight is 233 g/mol. The van der Waals surface area contributed by atoms with Crippen molar-refractivity contribution in [2.24, 2.45) is 5.73 Å². The minimum Gasteiger partial charge on any atom is -0.426 e. The molecule has 0 fully saturated rings. The van der Waals surface area contributed by atoms with Gasteiger partial charge < -0.3 is 10.5 Å². The topological polar surface area (TPSA) is 52.3 Å². The smallest absolute Gasteiger partial charge is 0.404 e. The van der Waals surface area contributed by atoms with E-state index >= 15 is 0 Å². The van der Waals surface area contributed by atoms with E-state index in [-0.39, 0.29) is 5.75 Å². The summed E-state index contributed by atoms with van der Waals surface area (Å²) in [5.41, 5.74) is 4.78. The Balaban J connectivity index is 2.49. The van der Waals surface area contributed by atoms with Gasteiger partial charge in [-0.1, -0.05) is 18.2 Å². The summed E-state index contributed by atoms with van der Waals surface area (Å²) in [5.74, 6) is -0.808. The van der Waals surface area contributed by atoms with E-state index < -0.39 is 24.6 Å². The van der Waals surface area contributed by atoms with E-state index in [1.54, 1.807) is 18.2 Å². The molecule has 6 heteroatoms. The number of hydrogen-bond donors (Lipinski definition) is 1. The van der Waals surface area contributed by atoms with Crippen LogP contribution in [0.1, 0.15) is 6.42 Å². The van der Waals surface area contributed by atoms with Crippen LogP contribution < -0.4 is 10.5 Å². The molecular weight excluding hydrogens is 223 g/mol. The lowest BCUT2D eigenvalue weighted by Crippen LogP contribution is -2.39. The highest BCUT2D eigenvalue weighted by Gasteiger charge is 2.38. The fourth-order valence-electron chi connectivity index (χ4n) is 0.957. The molecule has 0 aliphatic carbocycles. The van der Waals surface area contributed by atoms with Crippen molar-refractivity contribution >= 4 is 5.97 Å². The van der Waals surface area contributed by atoms with Gasteiger partial charge in [0.15, 0.2) is 0 Å². The summed E-state index contributed by atoms with van der Waals surface area (Å²) in [6.07, 6.45) is -5.48. The Hall–Kier alpha value is -1.56. The van der Waals surface area contributed by atoms with Crippen molar-refractivity contribution in [2.45, 2.75) is 18.6 Å². The molecule has 1 rings (SSSR count). The van der Waals surface area contributed by atoms with Gasteiger partial charge in [0, 0.05) is 0 Å². The third kappa shape index (κ3) is 3.90. The Morgan fingerprint density at radius 2 is 1.88 bits per heavy atom. The van der Waals surface area contributed by atoms with Gasteiger partial charge in [0.1, 0.15) is 11.8 Å². The lowest BCUT2D eigenvalue weighted by Gasteiger charge is -2.14. The number of rotatable bonds is 3. The first kappa shape index (κ1) is 12.5. The van der Waals surface area contributed by atoms with Crippen molar-refractivity contribution in [2.75, 3.05) is 0 Å². The summed E-state index contributed by atoms with van der Waals surface area (Å²) in [7, 11) is 0. The predicted molar refractivity (Wildman–Crippen MR) is 50.7 cm³/mol. The van der Waals surface area contributed by atoms with Crippen LogP contribution in [0.3, 0.4) is 0 Å². The van der Waals surface area contributed by atoms with Gasteiger partial charge in [-0.3, -0.25) is 4.79 Å². The number of carbonyl (C=O) groups excluding carboxylic acids is 1. The van der Waals surface area contributed by atoms with Crippen molar-refractivity contribution < 1.29 is 22.7 Å². The number of halogens is 3. The summed E-state index contributed by atoms with van der Waals surface area (Å²) in [4.78, 5) is 11.1. The number of para-hydroxylation sites is 1. The molecule has 88 valence electrons. The van der Waals surface area contributed by atoms with Crippen LogP contribution in [-0.4, -0.2) is 18.2 Å². The lowest BCUT2D eigenvalue weighted by molar-refractivity contribution is -0.159. The van der Waals surface area contributed by atoms with E-state index in [1.807, 2.05) is 0 Å². The van der Waals surface area contributed by atoms with Crippen LogP contribution in [0.25, 0.3) is 0 Å². The number of alkyl halides is 3. The van der Waals surface area contributed by atoms with E-state index in [0.717, 1.165) is 0 Å². The molecule has 0 saturated heterocycles. The second-order valence-electron chi connectivity index (χ2n) is 3.14. The molecule has 0 aliphatic rings. The molecule has 16 heavy (non-hydrogen) atoms. The van der Waals surface area contributed by atoms with Crippen LogP contribution >= 0.6 is 0 Å². The maximum absolute atomic E-state index is 12.0. The zero-order valence-electron chi connectivity index (χ0n) is 8.20. The number of esters is 1. The molecule has 0 unspecified atom stereocenters. The van der Waals surface area contributed by atoms with Crippen molar-refractivity contribution in [3.8, 4) is 5.75 Å². The van der Waals surface area contributed by atoms with E-state index in [2.05, 4.69) is 4.74 Å². The van der Waals surface area contributed by atoms with E-state index in [9.17, 15) is 18.0 Å². The predicted octanol–water partition coefficient (Wildman–Crippen LogP) is 1.87. The Morgan fingerprint density at radius 3 is 2.38 bits per heavy atom. The molecule has 2 N–H and O–H groups in total. The van der Waals surface area contributed by atoms with Crippen LogP contribution in [0.15, 0.2) is 30.3 Å². The van der Waals surface area contributed by atoms with Gasteiger partial charge in [-0.15, -0.1) is 0 Å². The Labute approximate surface area is 90.0 Å². The molecule has 0 radical (unpaired) electrons. The van der Waals surface area contributed by atoms with Crippen molar-refractivity contribution in [1.29, 1.82) is 0 Å². The SMILES string of the molecule is N[C@@H](CC(=O)Oc1ccccc1)C(F)(F)F. The Bertz CT molecular complexity index is 351. The third-order valence-electron chi connectivity index (χ3n) is 1.78. The van der Waals surface area contributed by atoms with Crippen molar-refractivity contribution in [1.82, 2.24) is 0 Å². The molecule has 0 aromatic heterocycles. The maximum Gasteiger partial charge on any atom is 0.404 e. The van der Waals surface area contributed by atoms with Gasteiger partial charge in [-0.2, -0.15) is 13.2 Å². The number of ether oxygens (including phenoxy) is 1. The minimum absolute atomic E-state index is 0.196. The van der Waals surface area contributed by atoms with Gasteiger partial charge in [0.05, 0.1) is 6.42 Å². The largest absolute Gasteiger partial charge is 0.426 e. The number of nitrogens with two attached hydrogens (primary N) is 1. The molecule has 0 aliphatic heterocycles. The minimum atomic E-state index is -4.59. The fraction of sp³-hybridized carbons (Fsp3) is 0.300. The van der Waals surface area contributed by atoms with E-state index in [1.165, 1.54) is 12.1 Å². The molecule has 0 saturated carbocycles. The standard InChI is InChI=1S/C10H10F3NO2/c11-10(12,13)8(14)6-9(15)16-7-4-2-1-3-5-7/h1-5,8H,6,14H2/t8-/m0/s1. The zero-order chi connectivity index (χ0) is 12.2. The van der Waals surface area contributed by atoms with Crippen LogP contribution in [0.2, 0.25) is 0 Å². The van der Waals surface area contributed by atoms with Gasteiger partial charge in [0.25, 0.3) is 0 Å². The molecule has 1 atom stereocenters. The molecule has 0 bridgehead atoms.